The lowest BCUT2D eigenvalue weighted by Crippen LogP contribution is -2.43. The normalized spacial score (nSPS) is 26.2. The van der Waals surface area contributed by atoms with Crippen molar-refractivity contribution in [2.75, 3.05) is 39.0 Å². The van der Waals surface area contributed by atoms with Gasteiger partial charge < -0.3 is 15.5 Å². The fourth-order valence-electron chi connectivity index (χ4n) is 3.83. The van der Waals surface area contributed by atoms with E-state index in [2.05, 4.69) is 46.1 Å². The van der Waals surface area contributed by atoms with Crippen molar-refractivity contribution in [1.29, 1.82) is 0 Å². The van der Waals surface area contributed by atoms with Gasteiger partial charge in [-0.2, -0.15) is 11.8 Å². The number of rotatable bonds is 7. The van der Waals surface area contributed by atoms with E-state index in [0.717, 1.165) is 23.7 Å². The van der Waals surface area contributed by atoms with Crippen molar-refractivity contribution < 1.29 is 0 Å². The van der Waals surface area contributed by atoms with Crippen molar-refractivity contribution in [3.8, 4) is 0 Å². The Morgan fingerprint density at radius 1 is 1.17 bits per heavy atom. The van der Waals surface area contributed by atoms with Crippen LogP contribution in [0.5, 0.6) is 0 Å². The molecule has 0 radical (unpaired) electrons. The number of thioether (sulfide) groups is 1. The molecule has 2 aliphatic rings. The van der Waals surface area contributed by atoms with Crippen LogP contribution < -0.4 is 10.6 Å². The lowest BCUT2D eigenvalue weighted by molar-refractivity contribution is 0.187. The van der Waals surface area contributed by atoms with Gasteiger partial charge in [0.15, 0.2) is 5.96 Å². The Bertz CT molecular complexity index is 359. The average Bonchev–Trinajstić information content (AvgIpc) is 3.02. The van der Waals surface area contributed by atoms with Crippen LogP contribution in [-0.2, 0) is 0 Å². The predicted octanol–water partition coefficient (Wildman–Crippen LogP) is 3.57. The first-order chi connectivity index (χ1) is 11.2. The maximum Gasteiger partial charge on any atom is 0.191 e. The molecule has 0 aromatic rings. The SMILES string of the molecule is CCSC1CCC(NC(=NC)NCCC2CCN(CC)CC2)C1.I. The predicted molar refractivity (Wildman–Crippen MR) is 119 cm³/mol. The molecule has 2 atom stereocenters. The highest BCUT2D eigenvalue weighted by molar-refractivity contribution is 14.0. The van der Waals surface area contributed by atoms with Gasteiger partial charge in [-0.25, -0.2) is 0 Å². The molecular weight excluding hydrogens is 431 g/mol. The van der Waals surface area contributed by atoms with Crippen molar-refractivity contribution >= 4 is 41.7 Å². The topological polar surface area (TPSA) is 39.7 Å². The minimum atomic E-state index is 0. The first-order valence-corrected chi connectivity index (χ1v) is 10.6. The number of nitrogens with zero attached hydrogens (tertiary/aromatic N) is 2. The summed E-state index contributed by atoms with van der Waals surface area (Å²) in [6.45, 7) is 9.36. The van der Waals surface area contributed by atoms with Crippen LogP contribution in [0.4, 0.5) is 0 Å². The largest absolute Gasteiger partial charge is 0.356 e. The van der Waals surface area contributed by atoms with E-state index in [1.165, 1.54) is 63.9 Å². The van der Waals surface area contributed by atoms with Crippen LogP contribution in [-0.4, -0.2) is 61.1 Å². The molecule has 1 aliphatic carbocycles. The Kier molecular flexibility index (Phi) is 11.8. The first-order valence-electron chi connectivity index (χ1n) is 9.56. The van der Waals surface area contributed by atoms with Crippen molar-refractivity contribution in [3.05, 3.63) is 0 Å². The van der Waals surface area contributed by atoms with Gasteiger partial charge in [0.2, 0.25) is 0 Å². The van der Waals surface area contributed by atoms with Gasteiger partial charge in [-0.15, -0.1) is 24.0 Å². The second-order valence-corrected chi connectivity index (χ2v) is 8.47. The molecule has 0 amide bonds. The number of hydrogen-bond acceptors (Lipinski definition) is 3. The lowest BCUT2D eigenvalue weighted by Gasteiger charge is -2.31. The molecule has 1 saturated carbocycles. The summed E-state index contributed by atoms with van der Waals surface area (Å²) in [5.74, 6) is 3.13. The third-order valence-electron chi connectivity index (χ3n) is 5.35. The number of piperidine rings is 1. The molecule has 0 bridgehead atoms. The summed E-state index contributed by atoms with van der Waals surface area (Å²) >= 11 is 2.11. The van der Waals surface area contributed by atoms with Gasteiger partial charge >= 0.3 is 0 Å². The zero-order valence-corrected chi connectivity index (χ0v) is 18.9. The van der Waals surface area contributed by atoms with Gasteiger partial charge in [0.1, 0.15) is 0 Å². The van der Waals surface area contributed by atoms with Crippen molar-refractivity contribution in [1.82, 2.24) is 15.5 Å². The van der Waals surface area contributed by atoms with E-state index >= 15 is 0 Å². The number of aliphatic imine (C=N–C) groups is 1. The molecule has 1 aliphatic heterocycles. The molecule has 2 unspecified atom stereocenters. The van der Waals surface area contributed by atoms with E-state index in [-0.39, 0.29) is 24.0 Å². The summed E-state index contributed by atoms with van der Waals surface area (Å²) in [7, 11) is 1.89. The number of likely N-dealkylation sites (tertiary alicyclic amines) is 1. The Labute approximate surface area is 170 Å². The summed E-state index contributed by atoms with van der Waals surface area (Å²) in [6.07, 6.45) is 7.92. The van der Waals surface area contributed by atoms with Gasteiger partial charge in [-0.3, -0.25) is 4.99 Å². The van der Waals surface area contributed by atoms with E-state index in [1.807, 2.05) is 7.05 Å². The molecule has 2 rings (SSSR count). The van der Waals surface area contributed by atoms with Gasteiger partial charge in [-0.1, -0.05) is 13.8 Å². The Hall–Kier alpha value is 0.310. The molecule has 24 heavy (non-hydrogen) atoms. The molecule has 4 nitrogen and oxygen atoms in total. The van der Waals surface area contributed by atoms with E-state index in [0.29, 0.717) is 6.04 Å². The molecule has 1 heterocycles. The van der Waals surface area contributed by atoms with Crippen LogP contribution in [0.2, 0.25) is 0 Å². The number of hydrogen-bond donors (Lipinski definition) is 2. The molecule has 142 valence electrons. The molecule has 0 spiro atoms. The molecule has 2 N–H and O–H groups in total. The highest BCUT2D eigenvalue weighted by atomic mass is 127. The molecule has 0 aromatic heterocycles. The van der Waals surface area contributed by atoms with E-state index in [9.17, 15) is 0 Å². The lowest BCUT2D eigenvalue weighted by atomic mass is 9.93. The van der Waals surface area contributed by atoms with Crippen molar-refractivity contribution in [2.24, 2.45) is 10.9 Å². The van der Waals surface area contributed by atoms with E-state index < -0.39 is 0 Å². The Morgan fingerprint density at radius 2 is 1.92 bits per heavy atom. The highest BCUT2D eigenvalue weighted by Gasteiger charge is 2.25. The van der Waals surface area contributed by atoms with Gasteiger partial charge in [0.05, 0.1) is 0 Å². The maximum atomic E-state index is 4.41. The summed E-state index contributed by atoms with van der Waals surface area (Å²) in [4.78, 5) is 6.97. The summed E-state index contributed by atoms with van der Waals surface area (Å²) in [5.41, 5.74) is 0. The van der Waals surface area contributed by atoms with E-state index in [4.69, 9.17) is 0 Å². The molecular formula is C18H37IN4S. The first kappa shape index (κ1) is 22.4. The van der Waals surface area contributed by atoms with Crippen LogP contribution >= 0.6 is 35.7 Å². The van der Waals surface area contributed by atoms with Crippen LogP contribution in [0.15, 0.2) is 4.99 Å². The summed E-state index contributed by atoms with van der Waals surface area (Å²) < 4.78 is 0. The second kappa shape index (κ2) is 12.6. The van der Waals surface area contributed by atoms with Crippen LogP contribution in [0.3, 0.4) is 0 Å². The minimum Gasteiger partial charge on any atom is -0.356 e. The van der Waals surface area contributed by atoms with Gasteiger partial charge in [0, 0.05) is 24.9 Å². The Morgan fingerprint density at radius 3 is 2.54 bits per heavy atom. The van der Waals surface area contributed by atoms with Crippen molar-refractivity contribution in [2.45, 2.75) is 63.7 Å². The number of halogens is 1. The van der Waals surface area contributed by atoms with Crippen LogP contribution in [0.25, 0.3) is 0 Å². The second-order valence-electron chi connectivity index (χ2n) is 6.90. The Balaban J connectivity index is 0.00000288. The van der Waals surface area contributed by atoms with Crippen LogP contribution in [0.1, 0.15) is 52.4 Å². The van der Waals surface area contributed by atoms with Crippen molar-refractivity contribution in [3.63, 3.8) is 0 Å². The minimum absolute atomic E-state index is 0. The monoisotopic (exact) mass is 468 g/mol. The quantitative estimate of drug-likeness (QED) is 0.341. The summed E-state index contributed by atoms with van der Waals surface area (Å²) in [6, 6.07) is 0.609. The maximum absolute atomic E-state index is 4.41. The zero-order chi connectivity index (χ0) is 16.5. The molecule has 1 saturated heterocycles. The third-order valence-corrected chi connectivity index (χ3v) is 6.58. The highest BCUT2D eigenvalue weighted by Crippen LogP contribution is 2.29. The number of nitrogens with one attached hydrogen (secondary N) is 2. The van der Waals surface area contributed by atoms with E-state index in [1.54, 1.807) is 0 Å². The van der Waals surface area contributed by atoms with Gasteiger partial charge in [-0.05, 0) is 69.8 Å². The van der Waals surface area contributed by atoms with Gasteiger partial charge in [0.25, 0.3) is 0 Å². The zero-order valence-electron chi connectivity index (χ0n) is 15.7. The smallest absolute Gasteiger partial charge is 0.191 e. The fourth-order valence-corrected chi connectivity index (χ4v) is 4.97. The third kappa shape index (κ3) is 7.68. The molecule has 6 heteroatoms. The average molecular weight is 468 g/mol. The molecule has 2 fully saturated rings. The summed E-state index contributed by atoms with van der Waals surface area (Å²) in [5, 5.41) is 8.01. The number of guanidine groups is 1. The molecule has 0 aromatic carbocycles. The standard InChI is InChI=1S/C18H36N4S.HI/c1-4-22-12-9-15(10-13-22)8-11-20-18(19-3)21-16-6-7-17(14-16)23-5-2;/h15-17H,4-14H2,1-3H3,(H2,19,20,21);1H. The fraction of sp³-hybridized carbons (Fsp3) is 0.944. The van der Waals surface area contributed by atoms with Crippen LogP contribution in [0, 0.1) is 5.92 Å².